The highest BCUT2D eigenvalue weighted by Crippen LogP contribution is 2.42. The van der Waals surface area contributed by atoms with E-state index in [0.29, 0.717) is 11.6 Å². The predicted molar refractivity (Wildman–Crippen MR) is 464 cm³/mol. The van der Waals surface area contributed by atoms with Gasteiger partial charge in [-0.3, -0.25) is 0 Å². The van der Waals surface area contributed by atoms with E-state index in [4.69, 9.17) is 19.9 Å². The Kier molecular flexibility index (Phi) is 15.1. The molecule has 0 unspecified atom stereocenters. The number of rotatable bonds is 13. The molecule has 0 radical (unpaired) electrons. The third kappa shape index (κ3) is 10.9. The molecule has 8 heteroatoms. The summed E-state index contributed by atoms with van der Waals surface area (Å²) < 4.78 is 9.41. The lowest BCUT2D eigenvalue weighted by Crippen LogP contribution is -1.98. The molecule has 0 aliphatic carbocycles. The fraction of sp³-hybridized carbons (Fsp3) is 0. The fourth-order valence-electron chi connectivity index (χ4n) is 17.1. The minimum absolute atomic E-state index is 0.645. The number of aromatic nitrogens is 8. The van der Waals surface area contributed by atoms with Crippen molar-refractivity contribution in [1.82, 2.24) is 38.2 Å². The molecule has 8 nitrogen and oxygen atoms in total. The molecule has 522 valence electrons. The Morgan fingerprint density at radius 1 is 0.134 bits per heavy atom. The van der Waals surface area contributed by atoms with E-state index < -0.39 is 0 Å². The first-order valence-corrected chi connectivity index (χ1v) is 38.1. The van der Waals surface area contributed by atoms with Gasteiger partial charge in [-0.05, 0) is 185 Å². The molecular weight excluding hydrogens is 1360 g/mol. The average molecular weight is 1430 g/mol. The highest BCUT2D eigenvalue weighted by atomic mass is 15.0. The standard InChI is InChI=1S/C104H66N8/c1-2-20-67(21-3-1)76-62-77(68-38-42-70(43-39-68)91-65-93(72-46-54-79(55-47-72)109-95-30-12-4-22-83(95)84-23-5-13-31-96(84)109)107-103(105-91)74-50-58-81(59-51-74)111-99-34-16-8-26-87(99)88-27-9-17-35-100(88)111)64-78(63-76)69-40-44-71(45-41-69)92-66-94(73-48-56-80(57-49-73)110-97-32-14-6-24-85(97)86-25-7-15-33-98(86)110)108-104(106-92)75-52-60-82(61-53-75)112-101-36-18-10-28-89(101)90-29-11-19-37-102(90)112/h1-66H. The minimum Gasteiger partial charge on any atom is -0.309 e. The van der Waals surface area contributed by atoms with Crippen molar-refractivity contribution in [1.29, 1.82) is 0 Å². The van der Waals surface area contributed by atoms with Gasteiger partial charge in [0.05, 0.1) is 66.9 Å². The van der Waals surface area contributed by atoms with Gasteiger partial charge in [-0.1, -0.05) is 249 Å². The van der Waals surface area contributed by atoms with Crippen LogP contribution in [0.25, 0.3) is 211 Å². The van der Waals surface area contributed by atoms with Gasteiger partial charge in [0.2, 0.25) is 0 Å². The second-order valence-corrected chi connectivity index (χ2v) is 28.9. The molecule has 0 amide bonds. The van der Waals surface area contributed by atoms with Crippen LogP contribution in [0.4, 0.5) is 0 Å². The van der Waals surface area contributed by atoms with E-state index in [1.807, 2.05) is 0 Å². The van der Waals surface area contributed by atoms with E-state index in [-0.39, 0.29) is 0 Å². The Morgan fingerprint density at radius 3 is 0.545 bits per heavy atom. The van der Waals surface area contributed by atoms with E-state index in [2.05, 4.69) is 419 Å². The van der Waals surface area contributed by atoms with Crippen molar-refractivity contribution in [2.24, 2.45) is 0 Å². The van der Waals surface area contributed by atoms with Crippen LogP contribution in [-0.4, -0.2) is 38.2 Å². The van der Waals surface area contributed by atoms with E-state index >= 15 is 0 Å². The average Bonchev–Trinajstić information content (AvgIpc) is 1.56. The molecule has 0 aliphatic heterocycles. The summed E-state index contributed by atoms with van der Waals surface area (Å²) >= 11 is 0. The first-order chi connectivity index (χ1) is 55.5. The van der Waals surface area contributed by atoms with Gasteiger partial charge in [0.1, 0.15) is 0 Å². The quantitative estimate of drug-likeness (QED) is 0.115. The molecule has 22 aromatic rings. The summed E-state index contributed by atoms with van der Waals surface area (Å²) in [5, 5.41) is 9.82. The van der Waals surface area contributed by atoms with Crippen molar-refractivity contribution < 1.29 is 0 Å². The number of nitrogens with zero attached hydrogens (tertiary/aromatic N) is 8. The Bertz CT molecular complexity index is 6450. The monoisotopic (exact) mass is 1430 g/mol. The van der Waals surface area contributed by atoms with Gasteiger partial charge >= 0.3 is 0 Å². The molecule has 6 heterocycles. The van der Waals surface area contributed by atoms with Crippen LogP contribution in [-0.2, 0) is 0 Å². The lowest BCUT2D eigenvalue weighted by molar-refractivity contribution is 1.16. The maximum Gasteiger partial charge on any atom is 0.160 e. The highest BCUT2D eigenvalue weighted by Gasteiger charge is 2.21. The molecule has 112 heavy (non-hydrogen) atoms. The number of para-hydroxylation sites is 8. The lowest BCUT2D eigenvalue weighted by atomic mass is 9.92. The van der Waals surface area contributed by atoms with Crippen LogP contribution < -0.4 is 0 Å². The van der Waals surface area contributed by atoms with E-state index in [0.717, 1.165) is 134 Å². The Labute approximate surface area is 645 Å². The summed E-state index contributed by atoms with van der Waals surface area (Å²) in [4.78, 5) is 21.6. The van der Waals surface area contributed by atoms with Crippen LogP contribution in [0.2, 0.25) is 0 Å². The van der Waals surface area contributed by atoms with Crippen LogP contribution in [0.5, 0.6) is 0 Å². The van der Waals surface area contributed by atoms with Gasteiger partial charge < -0.3 is 18.3 Å². The maximum absolute atomic E-state index is 5.42. The number of benzene rings is 16. The van der Waals surface area contributed by atoms with Gasteiger partial charge in [0, 0.05) is 99.2 Å². The van der Waals surface area contributed by atoms with Crippen LogP contribution in [0.1, 0.15) is 0 Å². The molecule has 0 N–H and O–H groups in total. The fourth-order valence-corrected chi connectivity index (χ4v) is 17.1. The topological polar surface area (TPSA) is 71.3 Å². The molecule has 6 aromatic heterocycles. The predicted octanol–water partition coefficient (Wildman–Crippen LogP) is 26.7. The second-order valence-electron chi connectivity index (χ2n) is 28.9. The summed E-state index contributed by atoms with van der Waals surface area (Å²) in [6, 6.07) is 144. The van der Waals surface area contributed by atoms with Gasteiger partial charge in [-0.25, -0.2) is 19.9 Å². The number of hydrogen-bond donors (Lipinski definition) is 0. The Balaban J connectivity index is 0.618. The van der Waals surface area contributed by atoms with E-state index in [1.54, 1.807) is 0 Å². The molecule has 0 atom stereocenters. The van der Waals surface area contributed by atoms with Crippen molar-refractivity contribution in [3.8, 4) is 124 Å². The zero-order valence-corrected chi connectivity index (χ0v) is 60.7. The zero-order chi connectivity index (χ0) is 73.7. The first kappa shape index (κ1) is 64.1. The molecule has 0 saturated heterocycles. The van der Waals surface area contributed by atoms with Crippen molar-refractivity contribution in [2.75, 3.05) is 0 Å². The molecular formula is C104H66N8. The van der Waals surface area contributed by atoms with E-state index in [1.165, 1.54) is 65.2 Å². The van der Waals surface area contributed by atoms with Crippen molar-refractivity contribution in [2.45, 2.75) is 0 Å². The molecule has 0 spiro atoms. The largest absolute Gasteiger partial charge is 0.309 e. The summed E-state index contributed by atoms with van der Waals surface area (Å²) in [6.07, 6.45) is 0. The SMILES string of the molecule is c1ccc(-c2cc(-c3ccc(-c4cc(-c5ccc(-n6c7ccccc7c7ccccc76)cc5)nc(-c5ccc(-n6c7ccccc7c7ccccc76)cc5)n4)cc3)cc(-c3ccc(-c4cc(-c5ccc(-n6c7ccccc7c7ccccc76)cc5)nc(-c5ccc(-n6c7ccccc7c7ccccc76)cc5)n4)cc3)c2)cc1. The van der Waals surface area contributed by atoms with Gasteiger partial charge in [-0.15, -0.1) is 0 Å². The summed E-state index contributed by atoms with van der Waals surface area (Å²) in [6.45, 7) is 0. The van der Waals surface area contributed by atoms with Crippen LogP contribution in [0, 0.1) is 0 Å². The third-order valence-electron chi connectivity index (χ3n) is 22.5. The summed E-state index contributed by atoms with van der Waals surface area (Å²) in [5.74, 6) is 1.29. The van der Waals surface area contributed by atoms with Crippen molar-refractivity contribution in [3.05, 3.63) is 400 Å². The first-order valence-electron chi connectivity index (χ1n) is 38.1. The number of fused-ring (bicyclic) bond motifs is 12. The van der Waals surface area contributed by atoms with Crippen LogP contribution in [0.15, 0.2) is 400 Å². The molecule has 22 rings (SSSR count). The highest BCUT2D eigenvalue weighted by molar-refractivity contribution is 6.12. The van der Waals surface area contributed by atoms with Gasteiger partial charge in [0.15, 0.2) is 11.6 Å². The molecule has 0 bridgehead atoms. The Hall–Kier alpha value is -15.1. The molecule has 16 aromatic carbocycles. The van der Waals surface area contributed by atoms with Gasteiger partial charge in [0.25, 0.3) is 0 Å². The summed E-state index contributed by atoms with van der Waals surface area (Å²) in [5.41, 5.74) is 29.4. The zero-order valence-electron chi connectivity index (χ0n) is 60.7. The Morgan fingerprint density at radius 2 is 0.312 bits per heavy atom. The normalized spacial score (nSPS) is 11.8. The number of hydrogen-bond acceptors (Lipinski definition) is 4. The van der Waals surface area contributed by atoms with E-state index in [9.17, 15) is 0 Å². The maximum atomic E-state index is 5.42. The third-order valence-corrected chi connectivity index (χ3v) is 22.5. The lowest BCUT2D eigenvalue weighted by Gasteiger charge is -2.14. The smallest absolute Gasteiger partial charge is 0.160 e. The summed E-state index contributed by atoms with van der Waals surface area (Å²) in [7, 11) is 0. The minimum atomic E-state index is 0.645. The molecule has 0 aliphatic rings. The van der Waals surface area contributed by atoms with Crippen LogP contribution in [0.3, 0.4) is 0 Å². The van der Waals surface area contributed by atoms with Crippen LogP contribution >= 0.6 is 0 Å². The molecule has 0 fully saturated rings. The second kappa shape index (κ2) is 26.4. The van der Waals surface area contributed by atoms with Gasteiger partial charge in [-0.2, -0.15) is 0 Å². The van der Waals surface area contributed by atoms with Crippen molar-refractivity contribution in [3.63, 3.8) is 0 Å². The van der Waals surface area contributed by atoms with Crippen molar-refractivity contribution >= 4 is 87.2 Å². The molecule has 0 saturated carbocycles.